The van der Waals surface area contributed by atoms with Gasteiger partial charge in [0, 0.05) is 0 Å². The summed E-state index contributed by atoms with van der Waals surface area (Å²) in [6.45, 7) is 0. The van der Waals surface area contributed by atoms with Crippen LogP contribution in [0.2, 0.25) is 10.4 Å². The molecule has 0 aromatic carbocycles. The van der Waals surface area contributed by atoms with Gasteiger partial charge in [0.1, 0.15) is 0 Å². The van der Waals surface area contributed by atoms with Crippen molar-refractivity contribution in [1.82, 2.24) is 9.97 Å². The smallest absolute Gasteiger partial charge is 0.364 e. The first kappa shape index (κ1) is 14.8. The highest BCUT2D eigenvalue weighted by Gasteiger charge is 2.28. The molecule has 0 unspecified atom stereocenters. The van der Waals surface area contributed by atoms with E-state index in [0.717, 1.165) is 7.11 Å². The van der Waals surface area contributed by atoms with Crippen LogP contribution < -0.4 is 0 Å². The van der Waals surface area contributed by atoms with E-state index in [4.69, 9.17) is 23.2 Å². The molecule has 16 heavy (non-hydrogen) atoms. The van der Waals surface area contributed by atoms with Gasteiger partial charge in [-0.25, -0.2) is 9.78 Å². The van der Waals surface area contributed by atoms with Gasteiger partial charge in [0.15, 0.2) is 0 Å². The zero-order chi connectivity index (χ0) is 11.6. The van der Waals surface area contributed by atoms with Crippen molar-refractivity contribution in [2.24, 2.45) is 0 Å². The zero-order valence-electron chi connectivity index (χ0n) is 7.64. The Kier molecular flexibility index (Phi) is 5.36. The predicted molar refractivity (Wildman–Crippen MR) is 57.3 cm³/mol. The molecule has 0 radical (unpaired) electrons. The third-order valence-corrected chi connectivity index (χ3v) is 1.81. The maximum atomic E-state index is 11.1. The van der Waals surface area contributed by atoms with Crippen LogP contribution in [0, 0.1) is 10.1 Å². The van der Waals surface area contributed by atoms with Gasteiger partial charge in [0.25, 0.3) is 0 Å². The molecule has 0 aliphatic carbocycles. The number of ether oxygens (including phenoxy) is 1. The van der Waals surface area contributed by atoms with Crippen LogP contribution in [0.3, 0.4) is 0 Å². The van der Waals surface area contributed by atoms with Gasteiger partial charge in [-0.2, -0.15) is 4.98 Å². The SMILES string of the molecule is COC(=O)c1nc(Cl)nc(Cl)c1[N+](=O)[O-].Cl. The number of methoxy groups -OCH3 is 1. The zero-order valence-corrected chi connectivity index (χ0v) is 9.97. The molecule has 1 rings (SSSR count). The van der Waals surface area contributed by atoms with Crippen LogP contribution in [-0.2, 0) is 4.74 Å². The Hall–Kier alpha value is -1.18. The number of carbonyl (C=O) groups is 1. The second-order valence-corrected chi connectivity index (χ2v) is 2.93. The lowest BCUT2D eigenvalue weighted by molar-refractivity contribution is -0.385. The summed E-state index contributed by atoms with van der Waals surface area (Å²) in [5, 5.41) is 9.68. The molecule has 0 aliphatic heterocycles. The van der Waals surface area contributed by atoms with Crippen molar-refractivity contribution in [3.05, 3.63) is 26.2 Å². The van der Waals surface area contributed by atoms with Crippen molar-refractivity contribution in [2.75, 3.05) is 7.11 Å². The van der Waals surface area contributed by atoms with Gasteiger partial charge in [-0.05, 0) is 11.6 Å². The number of nitrogens with zero attached hydrogens (tertiary/aromatic N) is 3. The molecule has 0 aliphatic rings. The molecule has 0 spiro atoms. The lowest BCUT2D eigenvalue weighted by Gasteiger charge is -2.01. The monoisotopic (exact) mass is 287 g/mol. The normalized spacial score (nSPS) is 9.19. The molecule has 10 heteroatoms. The molecule has 0 bridgehead atoms. The molecule has 0 fully saturated rings. The van der Waals surface area contributed by atoms with Gasteiger partial charge in [-0.15, -0.1) is 12.4 Å². The Morgan fingerprint density at radius 2 is 2.00 bits per heavy atom. The third kappa shape index (κ3) is 2.91. The number of halogens is 3. The first-order valence-electron chi connectivity index (χ1n) is 3.43. The van der Waals surface area contributed by atoms with Gasteiger partial charge >= 0.3 is 11.7 Å². The minimum atomic E-state index is -1.01. The Bertz CT molecular complexity index is 439. The molecule has 7 nitrogen and oxygen atoms in total. The lowest BCUT2D eigenvalue weighted by Crippen LogP contribution is -2.10. The number of carbonyl (C=O) groups excluding carboxylic acids is 1. The molecule has 0 amide bonds. The molecule has 88 valence electrons. The van der Waals surface area contributed by atoms with Gasteiger partial charge in [0.2, 0.25) is 16.1 Å². The molecule has 1 aromatic rings. The van der Waals surface area contributed by atoms with Crippen molar-refractivity contribution >= 4 is 47.3 Å². The lowest BCUT2D eigenvalue weighted by atomic mass is 10.3. The largest absolute Gasteiger partial charge is 0.464 e. The van der Waals surface area contributed by atoms with E-state index < -0.39 is 27.4 Å². The van der Waals surface area contributed by atoms with E-state index in [1.54, 1.807) is 0 Å². The number of hydrogen-bond acceptors (Lipinski definition) is 6. The molecular formula is C6H4Cl3N3O4. The van der Waals surface area contributed by atoms with Gasteiger partial charge in [0.05, 0.1) is 12.0 Å². The first-order chi connectivity index (χ1) is 6.97. The molecule has 0 atom stereocenters. The molecule has 0 saturated carbocycles. The van der Waals surface area contributed by atoms with Crippen molar-refractivity contribution in [3.8, 4) is 0 Å². The van der Waals surface area contributed by atoms with E-state index >= 15 is 0 Å². The van der Waals surface area contributed by atoms with Gasteiger partial charge in [-0.1, -0.05) is 11.6 Å². The van der Waals surface area contributed by atoms with Crippen LogP contribution in [0.5, 0.6) is 0 Å². The summed E-state index contributed by atoms with van der Waals surface area (Å²) in [5.41, 5.74) is -1.31. The average Bonchev–Trinajstić information content (AvgIpc) is 2.14. The van der Waals surface area contributed by atoms with Crippen molar-refractivity contribution in [3.63, 3.8) is 0 Å². The minimum Gasteiger partial charge on any atom is -0.464 e. The van der Waals surface area contributed by atoms with Gasteiger partial charge < -0.3 is 4.74 Å². The predicted octanol–water partition coefficient (Wildman–Crippen LogP) is 1.90. The number of nitro groups is 1. The molecule has 0 N–H and O–H groups in total. The third-order valence-electron chi connectivity index (χ3n) is 1.38. The standard InChI is InChI=1S/C6H3Cl2N3O4.ClH/c1-15-5(12)2-3(11(13)14)4(7)10-6(8)9-2;/h1H3;1H. The fourth-order valence-corrected chi connectivity index (χ4v) is 1.25. The minimum absolute atomic E-state index is 0. The topological polar surface area (TPSA) is 95.2 Å². The van der Waals surface area contributed by atoms with E-state index in [2.05, 4.69) is 14.7 Å². The van der Waals surface area contributed by atoms with Crippen LogP contribution >= 0.6 is 35.6 Å². The summed E-state index contributed by atoms with van der Waals surface area (Å²) >= 11 is 10.8. The van der Waals surface area contributed by atoms with Crippen molar-refractivity contribution in [1.29, 1.82) is 0 Å². The van der Waals surface area contributed by atoms with Crippen LogP contribution in [0.4, 0.5) is 5.69 Å². The highest BCUT2D eigenvalue weighted by Crippen LogP contribution is 2.26. The number of rotatable bonds is 2. The summed E-state index contributed by atoms with van der Waals surface area (Å²) in [7, 11) is 1.05. The number of esters is 1. The summed E-state index contributed by atoms with van der Waals surface area (Å²) in [6.07, 6.45) is 0. The molecule has 1 aromatic heterocycles. The second kappa shape index (κ2) is 5.78. The summed E-state index contributed by atoms with van der Waals surface area (Å²) in [6, 6.07) is 0. The summed E-state index contributed by atoms with van der Waals surface area (Å²) in [4.78, 5) is 27.5. The van der Waals surface area contributed by atoms with Crippen LogP contribution in [0.25, 0.3) is 0 Å². The Balaban J connectivity index is 0.00000225. The van der Waals surface area contributed by atoms with Gasteiger partial charge in [-0.3, -0.25) is 10.1 Å². The summed E-state index contributed by atoms with van der Waals surface area (Å²) < 4.78 is 4.29. The Morgan fingerprint density at radius 3 is 2.44 bits per heavy atom. The molecule has 1 heterocycles. The van der Waals surface area contributed by atoms with Crippen LogP contribution in [0.1, 0.15) is 10.5 Å². The van der Waals surface area contributed by atoms with E-state index in [-0.39, 0.29) is 17.7 Å². The maximum Gasteiger partial charge on any atom is 0.364 e. The van der Waals surface area contributed by atoms with Crippen LogP contribution in [-0.4, -0.2) is 28.0 Å². The van der Waals surface area contributed by atoms with E-state index in [1.165, 1.54) is 0 Å². The van der Waals surface area contributed by atoms with E-state index in [1.807, 2.05) is 0 Å². The fourth-order valence-electron chi connectivity index (χ4n) is 0.803. The fraction of sp³-hybridized carbons (Fsp3) is 0.167. The molecular weight excluding hydrogens is 284 g/mol. The highest BCUT2D eigenvalue weighted by atomic mass is 35.5. The highest BCUT2D eigenvalue weighted by molar-refractivity contribution is 6.33. The number of hydrogen-bond donors (Lipinski definition) is 0. The Morgan fingerprint density at radius 1 is 1.44 bits per heavy atom. The quantitative estimate of drug-likeness (QED) is 0.271. The maximum absolute atomic E-state index is 11.1. The first-order valence-corrected chi connectivity index (χ1v) is 4.18. The number of aromatic nitrogens is 2. The van der Waals surface area contributed by atoms with Crippen LogP contribution in [0.15, 0.2) is 0 Å². The molecule has 0 saturated heterocycles. The van der Waals surface area contributed by atoms with Crippen molar-refractivity contribution in [2.45, 2.75) is 0 Å². The Labute approximate surface area is 105 Å². The van der Waals surface area contributed by atoms with E-state index in [9.17, 15) is 14.9 Å². The van der Waals surface area contributed by atoms with E-state index in [0.29, 0.717) is 0 Å². The average molecular weight is 288 g/mol. The summed E-state index contributed by atoms with van der Waals surface area (Å²) in [5.74, 6) is -1.01. The second-order valence-electron chi connectivity index (χ2n) is 2.23. The van der Waals surface area contributed by atoms with Crippen molar-refractivity contribution < 1.29 is 14.5 Å².